The predicted molar refractivity (Wildman–Crippen MR) is 102 cm³/mol. The molecule has 4 heterocycles. The molecule has 2 aromatic rings. The van der Waals surface area contributed by atoms with Gasteiger partial charge in [0.1, 0.15) is 0 Å². The number of carbonyl (C=O) groups excluding carboxylic acids is 1. The minimum Gasteiger partial charge on any atom is -0.436 e. The largest absolute Gasteiger partial charge is 0.436 e. The average molecular weight is 383 g/mol. The first kappa shape index (κ1) is 18.8. The van der Waals surface area contributed by atoms with E-state index < -0.39 is 0 Å². The lowest BCUT2D eigenvalue weighted by Gasteiger charge is -2.30. The molecule has 2 saturated heterocycles. The number of pyridine rings is 1. The lowest BCUT2D eigenvalue weighted by molar-refractivity contribution is -0.134. The number of aromatic nitrogens is 3. The summed E-state index contributed by atoms with van der Waals surface area (Å²) in [6, 6.07) is 3.62. The van der Waals surface area contributed by atoms with Crippen molar-refractivity contribution in [3.63, 3.8) is 0 Å². The van der Waals surface area contributed by atoms with Gasteiger partial charge in [-0.2, -0.15) is 0 Å². The number of amides is 1. The van der Waals surface area contributed by atoms with E-state index in [1.54, 1.807) is 18.6 Å². The minimum atomic E-state index is -0.0559. The second kappa shape index (κ2) is 8.62. The Morgan fingerprint density at radius 1 is 1.29 bits per heavy atom. The number of rotatable bonds is 5. The molecular formula is C20H25N5O3. The van der Waals surface area contributed by atoms with Crippen molar-refractivity contribution >= 4 is 5.91 Å². The quantitative estimate of drug-likeness (QED) is 0.781. The van der Waals surface area contributed by atoms with Crippen molar-refractivity contribution in [2.45, 2.75) is 25.8 Å². The highest BCUT2D eigenvalue weighted by atomic mass is 16.5. The molecule has 0 bridgehead atoms. The molecule has 2 aliphatic heterocycles. The number of aryl methyl sites for hydroxylation is 1. The average Bonchev–Trinajstić information content (AvgIpc) is 3.21. The van der Waals surface area contributed by atoms with Crippen molar-refractivity contribution in [3.8, 4) is 11.6 Å². The lowest BCUT2D eigenvalue weighted by Crippen LogP contribution is -2.44. The van der Waals surface area contributed by atoms with Gasteiger partial charge in [-0.15, -0.1) is 0 Å². The topological polar surface area (TPSA) is 80.7 Å². The van der Waals surface area contributed by atoms with Gasteiger partial charge >= 0.3 is 0 Å². The summed E-state index contributed by atoms with van der Waals surface area (Å²) in [5.74, 6) is 1.21. The number of likely N-dealkylation sites (tertiary alicyclic amines) is 1. The summed E-state index contributed by atoms with van der Waals surface area (Å²) < 4.78 is 11.2. The summed E-state index contributed by atoms with van der Waals surface area (Å²) in [5.41, 5.74) is 1.56. The second-order valence-corrected chi connectivity index (χ2v) is 7.10. The van der Waals surface area contributed by atoms with Gasteiger partial charge in [0.25, 0.3) is 0 Å². The summed E-state index contributed by atoms with van der Waals surface area (Å²) in [7, 11) is 0. The third-order valence-electron chi connectivity index (χ3n) is 5.18. The molecule has 2 aromatic heterocycles. The molecule has 0 radical (unpaired) electrons. The number of hydrogen-bond acceptors (Lipinski definition) is 7. The highest BCUT2D eigenvalue weighted by Crippen LogP contribution is 2.32. The molecule has 2 fully saturated rings. The SMILES string of the molecule is Cc1ncccc1Oc1cncc(C2CCCN2C(=O)CN2CCOCC2)n1. The third-order valence-corrected chi connectivity index (χ3v) is 5.18. The van der Waals surface area contributed by atoms with E-state index in [1.165, 1.54) is 0 Å². The van der Waals surface area contributed by atoms with Crippen LogP contribution in [0.5, 0.6) is 11.6 Å². The molecule has 0 aromatic carbocycles. The smallest absolute Gasteiger partial charge is 0.238 e. The van der Waals surface area contributed by atoms with E-state index in [0.717, 1.165) is 43.9 Å². The molecule has 0 spiro atoms. The molecule has 4 rings (SSSR count). The Morgan fingerprint density at radius 2 is 2.14 bits per heavy atom. The maximum atomic E-state index is 12.9. The van der Waals surface area contributed by atoms with Crippen LogP contribution in [0.4, 0.5) is 0 Å². The van der Waals surface area contributed by atoms with Gasteiger partial charge in [0, 0.05) is 25.8 Å². The minimum absolute atomic E-state index is 0.0559. The van der Waals surface area contributed by atoms with E-state index in [2.05, 4.69) is 19.9 Å². The van der Waals surface area contributed by atoms with Gasteiger partial charge in [0.05, 0.1) is 49.6 Å². The highest BCUT2D eigenvalue weighted by molar-refractivity contribution is 5.79. The maximum absolute atomic E-state index is 12.9. The van der Waals surface area contributed by atoms with Crippen LogP contribution in [0.15, 0.2) is 30.7 Å². The van der Waals surface area contributed by atoms with Crippen molar-refractivity contribution < 1.29 is 14.3 Å². The first-order chi connectivity index (χ1) is 13.7. The molecule has 1 amide bonds. The molecule has 8 heteroatoms. The molecule has 148 valence electrons. The van der Waals surface area contributed by atoms with Crippen LogP contribution in [0.25, 0.3) is 0 Å². The first-order valence-electron chi connectivity index (χ1n) is 9.72. The second-order valence-electron chi connectivity index (χ2n) is 7.10. The fraction of sp³-hybridized carbons (Fsp3) is 0.500. The molecule has 28 heavy (non-hydrogen) atoms. The molecule has 1 atom stereocenters. The van der Waals surface area contributed by atoms with Gasteiger partial charge in [0.15, 0.2) is 5.75 Å². The van der Waals surface area contributed by atoms with Gasteiger partial charge in [-0.1, -0.05) is 0 Å². The number of carbonyl (C=O) groups is 1. The van der Waals surface area contributed by atoms with Gasteiger partial charge in [-0.3, -0.25) is 19.7 Å². The molecule has 1 unspecified atom stereocenters. The molecule has 0 N–H and O–H groups in total. The van der Waals surface area contributed by atoms with E-state index in [1.807, 2.05) is 24.0 Å². The highest BCUT2D eigenvalue weighted by Gasteiger charge is 2.32. The molecule has 8 nitrogen and oxygen atoms in total. The van der Waals surface area contributed by atoms with Crippen LogP contribution in [0, 0.1) is 6.92 Å². The van der Waals surface area contributed by atoms with Crippen LogP contribution < -0.4 is 4.74 Å². The third kappa shape index (κ3) is 4.28. The van der Waals surface area contributed by atoms with E-state index in [9.17, 15) is 4.79 Å². The van der Waals surface area contributed by atoms with E-state index in [4.69, 9.17) is 9.47 Å². The van der Waals surface area contributed by atoms with Crippen molar-refractivity contribution in [2.24, 2.45) is 0 Å². The molecule has 2 aliphatic rings. The van der Waals surface area contributed by atoms with Crippen molar-refractivity contribution in [3.05, 3.63) is 42.1 Å². The summed E-state index contributed by atoms with van der Waals surface area (Å²) in [6.07, 6.45) is 6.90. The van der Waals surface area contributed by atoms with E-state index in [0.29, 0.717) is 31.4 Å². The first-order valence-corrected chi connectivity index (χ1v) is 9.72. The normalized spacial score (nSPS) is 20.3. The number of nitrogens with zero attached hydrogens (tertiary/aromatic N) is 5. The fourth-order valence-electron chi connectivity index (χ4n) is 3.68. The standard InChI is InChI=1S/C20H25N5O3/c1-15-18(5-2-6-22-15)28-19-13-21-12-16(23-19)17-4-3-7-25(17)20(26)14-24-8-10-27-11-9-24/h2,5-6,12-13,17H,3-4,7-11,14H2,1H3. The zero-order valence-electron chi connectivity index (χ0n) is 16.1. The Morgan fingerprint density at radius 3 is 2.96 bits per heavy atom. The summed E-state index contributed by atoms with van der Waals surface area (Å²) in [6.45, 7) is 6.05. The Labute approximate surface area is 164 Å². The van der Waals surface area contributed by atoms with Crippen LogP contribution >= 0.6 is 0 Å². The van der Waals surface area contributed by atoms with Gasteiger partial charge < -0.3 is 14.4 Å². The Hall–Kier alpha value is -2.58. The van der Waals surface area contributed by atoms with E-state index in [-0.39, 0.29) is 11.9 Å². The van der Waals surface area contributed by atoms with Crippen molar-refractivity contribution in [1.82, 2.24) is 24.8 Å². The Bertz CT molecular complexity index is 825. The summed E-state index contributed by atoms with van der Waals surface area (Å²) in [4.78, 5) is 30.1. The Balaban J connectivity index is 1.46. The number of morpholine rings is 1. The van der Waals surface area contributed by atoms with Crippen LogP contribution in [-0.4, -0.2) is 70.1 Å². The summed E-state index contributed by atoms with van der Waals surface area (Å²) >= 11 is 0. The number of ether oxygens (including phenoxy) is 2. The van der Waals surface area contributed by atoms with Crippen LogP contribution in [0.3, 0.4) is 0 Å². The zero-order chi connectivity index (χ0) is 19.3. The molecule has 0 aliphatic carbocycles. The fourth-order valence-corrected chi connectivity index (χ4v) is 3.68. The molecule has 0 saturated carbocycles. The Kier molecular flexibility index (Phi) is 5.78. The van der Waals surface area contributed by atoms with Crippen LogP contribution in [0.1, 0.15) is 30.3 Å². The van der Waals surface area contributed by atoms with Gasteiger partial charge in [0.2, 0.25) is 11.8 Å². The lowest BCUT2D eigenvalue weighted by atomic mass is 10.1. The van der Waals surface area contributed by atoms with Gasteiger partial charge in [-0.05, 0) is 31.9 Å². The van der Waals surface area contributed by atoms with Crippen molar-refractivity contribution in [1.29, 1.82) is 0 Å². The summed E-state index contributed by atoms with van der Waals surface area (Å²) in [5, 5.41) is 0. The van der Waals surface area contributed by atoms with Crippen LogP contribution in [-0.2, 0) is 9.53 Å². The van der Waals surface area contributed by atoms with Gasteiger partial charge in [-0.25, -0.2) is 4.98 Å². The number of hydrogen-bond donors (Lipinski definition) is 0. The predicted octanol–water partition coefficient (Wildman–Crippen LogP) is 1.97. The maximum Gasteiger partial charge on any atom is 0.238 e. The van der Waals surface area contributed by atoms with E-state index >= 15 is 0 Å². The monoisotopic (exact) mass is 383 g/mol. The van der Waals surface area contributed by atoms with Crippen molar-refractivity contribution in [2.75, 3.05) is 39.4 Å². The zero-order valence-corrected chi connectivity index (χ0v) is 16.1. The van der Waals surface area contributed by atoms with Crippen LogP contribution in [0.2, 0.25) is 0 Å². The molecular weight excluding hydrogens is 358 g/mol.